The number of ether oxygens (including phenoxy) is 8. The topological polar surface area (TPSA) is 268 Å². The summed E-state index contributed by atoms with van der Waals surface area (Å²) >= 11 is 0. The van der Waals surface area contributed by atoms with Crippen LogP contribution >= 0.6 is 0 Å². The number of nitrogens with zero attached hydrogens (tertiary/aromatic N) is 2. The second kappa shape index (κ2) is 30.4. The van der Waals surface area contributed by atoms with Crippen molar-refractivity contribution >= 4 is 46.4 Å². The summed E-state index contributed by atoms with van der Waals surface area (Å²) in [6, 6.07) is 6.88. The van der Waals surface area contributed by atoms with Crippen LogP contribution < -0.4 is 37.3 Å². The van der Waals surface area contributed by atoms with Gasteiger partial charge in [0, 0.05) is 35.7 Å². The number of nitrogens with two attached hydrogens (primary N) is 1. The van der Waals surface area contributed by atoms with Crippen LogP contribution in [0.25, 0.3) is 22.3 Å². The Morgan fingerprint density at radius 2 is 1.45 bits per heavy atom. The van der Waals surface area contributed by atoms with Crippen molar-refractivity contribution in [3.8, 4) is 17.1 Å². The first kappa shape index (κ1) is 61.2. The van der Waals surface area contributed by atoms with Crippen molar-refractivity contribution in [1.82, 2.24) is 25.5 Å². The molecule has 1 unspecified atom stereocenters. The van der Waals surface area contributed by atoms with Gasteiger partial charge < -0.3 is 69.5 Å². The van der Waals surface area contributed by atoms with Gasteiger partial charge in [0.15, 0.2) is 0 Å². The quantitative estimate of drug-likeness (QED) is 0.0246. The second-order valence-electron chi connectivity index (χ2n) is 20.3. The van der Waals surface area contributed by atoms with Gasteiger partial charge >= 0.3 is 12.1 Å². The maximum atomic E-state index is 15.4. The van der Waals surface area contributed by atoms with Gasteiger partial charge in [0.2, 0.25) is 17.7 Å². The number of benzene rings is 2. The number of carbonyl (C=O) groups excluding carboxylic acids is 5. The Morgan fingerprint density at radius 1 is 0.812 bits per heavy atom. The van der Waals surface area contributed by atoms with Gasteiger partial charge in [0.25, 0.3) is 5.56 Å². The fourth-order valence-corrected chi connectivity index (χ4v) is 10.1. The van der Waals surface area contributed by atoms with Gasteiger partial charge in [-0.05, 0) is 117 Å². The van der Waals surface area contributed by atoms with Gasteiger partial charge in [-0.1, -0.05) is 27.7 Å². The van der Waals surface area contributed by atoms with E-state index in [0.29, 0.717) is 137 Å². The molecule has 21 nitrogen and oxygen atoms in total. The normalized spacial score (nSPS) is 15.9. The van der Waals surface area contributed by atoms with Crippen molar-refractivity contribution in [2.45, 2.75) is 123 Å². The van der Waals surface area contributed by atoms with Gasteiger partial charge in [-0.2, -0.15) is 0 Å². The highest BCUT2D eigenvalue weighted by atomic mass is 19.1. The molecule has 0 fully saturated rings. The van der Waals surface area contributed by atoms with E-state index in [2.05, 4.69) is 28.2 Å². The summed E-state index contributed by atoms with van der Waals surface area (Å²) in [5, 5.41) is 12.2. The monoisotopic (exact) mass is 1120 g/mol. The molecule has 4 atom stereocenters. The Labute approximate surface area is 465 Å². The Morgan fingerprint density at radius 3 is 2.06 bits per heavy atom. The van der Waals surface area contributed by atoms with E-state index in [-0.39, 0.29) is 62.3 Å². The summed E-state index contributed by atoms with van der Waals surface area (Å²) in [6.45, 7) is 14.8. The third-order valence-corrected chi connectivity index (χ3v) is 14.3. The summed E-state index contributed by atoms with van der Waals surface area (Å²) in [4.78, 5) is 85.8. The lowest BCUT2D eigenvalue weighted by atomic mass is 9.81. The van der Waals surface area contributed by atoms with Crippen molar-refractivity contribution in [3.63, 3.8) is 0 Å². The molecular formula is C58H78FN7O14. The molecular weight excluding hydrogens is 1040 g/mol. The van der Waals surface area contributed by atoms with E-state index in [1.165, 1.54) is 18.2 Å². The van der Waals surface area contributed by atoms with Crippen LogP contribution in [0.2, 0.25) is 0 Å². The van der Waals surface area contributed by atoms with Gasteiger partial charge in [0.05, 0.1) is 114 Å². The molecule has 3 aliphatic rings. The summed E-state index contributed by atoms with van der Waals surface area (Å²) in [6.07, 6.45) is 2.98. The number of anilines is 1. The zero-order valence-electron chi connectivity index (χ0n) is 46.7. The lowest BCUT2D eigenvalue weighted by Crippen LogP contribution is -2.54. The van der Waals surface area contributed by atoms with Gasteiger partial charge in [0.1, 0.15) is 30.3 Å². The first-order chi connectivity index (χ1) is 38.7. The Kier molecular flexibility index (Phi) is 23.3. The van der Waals surface area contributed by atoms with Gasteiger partial charge in [-0.15, -0.1) is 0 Å². The molecule has 2 aromatic heterocycles. The molecule has 1 aliphatic carbocycles. The van der Waals surface area contributed by atoms with Crippen LogP contribution in [-0.4, -0.2) is 137 Å². The Balaban J connectivity index is 0.877. The molecule has 0 radical (unpaired) electrons. The number of cyclic esters (lactones) is 1. The molecule has 7 rings (SSSR count). The highest BCUT2D eigenvalue weighted by Crippen LogP contribution is 2.45. The van der Waals surface area contributed by atoms with E-state index < -0.39 is 53.7 Å². The predicted octanol–water partition coefficient (Wildman–Crippen LogP) is 5.79. The third kappa shape index (κ3) is 15.9. The molecule has 22 heteroatoms. The number of hydrogen-bond acceptors (Lipinski definition) is 16. The highest BCUT2D eigenvalue weighted by Gasteiger charge is 2.38. The van der Waals surface area contributed by atoms with E-state index in [4.69, 9.17) is 48.6 Å². The van der Waals surface area contributed by atoms with E-state index in [0.717, 1.165) is 35.1 Å². The molecule has 436 valence electrons. The molecule has 80 heavy (non-hydrogen) atoms. The molecule has 0 spiro atoms. The number of unbranched alkanes of at least 4 members (excludes halogenated alkanes) is 1. The van der Waals surface area contributed by atoms with Crippen LogP contribution in [-0.2, 0) is 71.9 Å². The minimum absolute atomic E-state index is 0.00797. The van der Waals surface area contributed by atoms with Crippen molar-refractivity contribution in [2.75, 3.05) is 91.1 Å². The Bertz CT molecular complexity index is 2850. The number of rotatable bonds is 33. The molecule has 2 aliphatic heterocycles. The molecule has 4 aromatic rings. The minimum Gasteiger partial charge on any atom is -0.460 e. The van der Waals surface area contributed by atoms with Gasteiger partial charge in [-0.25, -0.2) is 14.2 Å². The van der Waals surface area contributed by atoms with Crippen LogP contribution in [0, 0.1) is 18.7 Å². The number of aromatic nitrogens is 2. The van der Waals surface area contributed by atoms with Gasteiger partial charge in [-0.3, -0.25) is 24.0 Å². The van der Waals surface area contributed by atoms with Crippen LogP contribution in [0.15, 0.2) is 41.2 Å². The molecule has 4 heterocycles. The summed E-state index contributed by atoms with van der Waals surface area (Å²) in [5.74, 6) is -2.94. The maximum Gasteiger partial charge on any atom is 0.413 e. The molecule has 2 aromatic carbocycles. The number of pyridine rings is 2. The summed E-state index contributed by atoms with van der Waals surface area (Å²) < 4.78 is 61.1. The van der Waals surface area contributed by atoms with Crippen LogP contribution in [0.5, 0.6) is 5.75 Å². The highest BCUT2D eigenvalue weighted by molar-refractivity contribution is 5.99. The SMILES string of the molecule is CCCOCCOCCOCCOCCOCCOCCC(=O)N[C@H](C(=O)N[C@@H](CCCCN)C(=O)Nc1ccc(OC(=O)N[C@H]2CCc3c(C)c(F)cc4nc5c(c2c34)Cn2c-5cc3c(c2=O)COC(=O)C3CC)cc1)C(C)C. The predicted molar refractivity (Wildman–Crippen MR) is 295 cm³/mol. The number of amides is 4. The number of halogens is 1. The minimum atomic E-state index is -0.965. The second-order valence-corrected chi connectivity index (χ2v) is 20.3. The summed E-state index contributed by atoms with van der Waals surface area (Å²) in [7, 11) is 0. The lowest BCUT2D eigenvalue weighted by Gasteiger charge is -2.29. The number of aryl methyl sites for hydroxylation is 1. The number of hydrogen-bond donors (Lipinski definition) is 5. The molecule has 0 bridgehead atoms. The molecule has 4 amide bonds. The van der Waals surface area contributed by atoms with Crippen molar-refractivity contribution in [3.05, 3.63) is 85.9 Å². The van der Waals surface area contributed by atoms with Crippen LogP contribution in [0.4, 0.5) is 14.9 Å². The van der Waals surface area contributed by atoms with Crippen molar-refractivity contribution in [2.24, 2.45) is 11.7 Å². The number of fused-ring (bicyclic) bond motifs is 5. The van der Waals surface area contributed by atoms with E-state index in [9.17, 15) is 28.8 Å². The molecule has 0 saturated heterocycles. The Hall–Kier alpha value is -6.40. The average molecular weight is 1120 g/mol. The molecule has 6 N–H and O–H groups in total. The third-order valence-electron chi connectivity index (χ3n) is 14.3. The number of carbonyl (C=O) groups is 5. The molecule has 0 saturated carbocycles. The van der Waals surface area contributed by atoms with E-state index in [1.807, 2.05) is 13.0 Å². The number of esters is 1. The summed E-state index contributed by atoms with van der Waals surface area (Å²) in [5.41, 5.74) is 11.0. The first-order valence-corrected chi connectivity index (χ1v) is 28.0. The standard InChI is InChI=1S/C58H78FN7O14/c1-6-19-73-21-23-75-25-27-77-29-30-78-28-26-76-24-22-74-20-17-49(67)65-52(35(3)4)55(69)63-46(10-8-9-18-60)54(68)61-37-11-13-38(14-12-37)80-58(72)64-45-16-15-40-36(5)44(59)32-47-50(40)51(45)42-33-66-48(53(42)62-47)31-41-39(7-2)57(71)79-34-43(41)56(66)70/h11-14,31-32,35,39,45-46,52H,6-10,15-30,33-34,60H2,1-5H3,(H,61,68)(H,63,69)(H,64,72)(H,65,67)/t39?,45-,46-,52-/m0/s1. The van der Waals surface area contributed by atoms with Crippen molar-refractivity contribution < 1.29 is 66.3 Å². The van der Waals surface area contributed by atoms with Crippen LogP contribution in [0.1, 0.15) is 118 Å². The first-order valence-electron chi connectivity index (χ1n) is 28.0. The number of nitrogens with one attached hydrogen (secondary N) is 4. The maximum absolute atomic E-state index is 15.4. The lowest BCUT2D eigenvalue weighted by molar-refractivity contribution is -0.148. The smallest absolute Gasteiger partial charge is 0.413 e. The van der Waals surface area contributed by atoms with Crippen LogP contribution in [0.3, 0.4) is 0 Å². The largest absolute Gasteiger partial charge is 0.460 e. The zero-order valence-corrected chi connectivity index (χ0v) is 46.7. The zero-order chi connectivity index (χ0) is 57.1. The van der Waals surface area contributed by atoms with Crippen molar-refractivity contribution in [1.29, 1.82) is 0 Å². The average Bonchev–Trinajstić information content (AvgIpc) is 4.01. The van der Waals surface area contributed by atoms with E-state index >= 15 is 4.39 Å². The van der Waals surface area contributed by atoms with E-state index in [1.54, 1.807) is 37.5 Å². The fraction of sp³-hybridized carbons (Fsp3) is 0.569. The fourth-order valence-electron chi connectivity index (χ4n) is 10.1.